The maximum atomic E-state index is 12.7. The van der Waals surface area contributed by atoms with Gasteiger partial charge >= 0.3 is 6.01 Å². The van der Waals surface area contributed by atoms with E-state index in [1.54, 1.807) is 12.1 Å². The standard InChI is InChI=1S/C23H23N5O6S/c1-16-5-7-17(8-6-16)11-14-35(32,33)27-12-9-18(10-13-27)21(29)24-23-26-25-22(34-23)19-3-2-4-20(15-19)28(30)31/h2-8,11,14-15,18H,9-10,12-13H2,1H3,(H,24,26,29)/b14-11+. The number of hydrogen-bond acceptors (Lipinski definition) is 8. The number of hydrogen-bond donors (Lipinski definition) is 1. The summed E-state index contributed by atoms with van der Waals surface area (Å²) >= 11 is 0. The largest absolute Gasteiger partial charge is 0.403 e. The summed E-state index contributed by atoms with van der Waals surface area (Å²) in [7, 11) is -3.60. The van der Waals surface area contributed by atoms with Crippen LogP contribution in [-0.4, -0.2) is 46.8 Å². The number of nitro benzene ring substituents is 1. The molecule has 2 aromatic carbocycles. The quantitative estimate of drug-likeness (QED) is 0.384. The van der Waals surface area contributed by atoms with Gasteiger partial charge in [-0.1, -0.05) is 41.0 Å². The molecule has 1 aliphatic heterocycles. The lowest BCUT2D eigenvalue weighted by molar-refractivity contribution is -0.384. The maximum Gasteiger partial charge on any atom is 0.322 e. The summed E-state index contributed by atoms with van der Waals surface area (Å²) in [6.45, 7) is 2.38. The van der Waals surface area contributed by atoms with Crippen LogP contribution in [0.3, 0.4) is 0 Å². The van der Waals surface area contributed by atoms with Gasteiger partial charge in [0.2, 0.25) is 21.8 Å². The van der Waals surface area contributed by atoms with Gasteiger partial charge in [-0.15, -0.1) is 5.10 Å². The molecule has 1 N–H and O–H groups in total. The van der Waals surface area contributed by atoms with Crippen LogP contribution in [0.4, 0.5) is 11.7 Å². The zero-order valence-electron chi connectivity index (χ0n) is 18.8. The number of nitro groups is 1. The molecule has 1 saturated heterocycles. The minimum absolute atomic E-state index is 0.0327. The first kappa shape index (κ1) is 24.2. The van der Waals surface area contributed by atoms with Gasteiger partial charge in [0.25, 0.3) is 5.69 Å². The molecule has 0 atom stereocenters. The van der Waals surface area contributed by atoms with Crippen LogP contribution >= 0.6 is 0 Å². The number of rotatable bonds is 7. The number of non-ortho nitro benzene ring substituents is 1. The van der Waals surface area contributed by atoms with Crippen molar-refractivity contribution in [2.75, 3.05) is 18.4 Å². The number of aryl methyl sites for hydroxylation is 1. The number of sulfonamides is 1. The van der Waals surface area contributed by atoms with Crippen LogP contribution in [0.5, 0.6) is 0 Å². The molecule has 2 heterocycles. The Bertz CT molecular complexity index is 1360. The van der Waals surface area contributed by atoms with Crippen LogP contribution < -0.4 is 5.32 Å². The summed E-state index contributed by atoms with van der Waals surface area (Å²) in [6.07, 6.45) is 2.24. The minimum Gasteiger partial charge on any atom is -0.403 e. The Labute approximate surface area is 201 Å². The third-order valence-corrected chi connectivity index (χ3v) is 7.22. The van der Waals surface area contributed by atoms with E-state index >= 15 is 0 Å². The van der Waals surface area contributed by atoms with Gasteiger partial charge in [-0.25, -0.2) is 8.42 Å². The monoisotopic (exact) mass is 497 g/mol. The van der Waals surface area contributed by atoms with Crippen LogP contribution in [-0.2, 0) is 14.8 Å². The summed E-state index contributed by atoms with van der Waals surface area (Å²) in [4.78, 5) is 23.1. The van der Waals surface area contributed by atoms with E-state index in [2.05, 4.69) is 15.5 Å². The second-order valence-electron chi connectivity index (χ2n) is 8.14. The van der Waals surface area contributed by atoms with Crippen molar-refractivity contribution in [3.05, 3.63) is 75.2 Å². The molecule has 4 rings (SSSR count). The third-order valence-electron chi connectivity index (χ3n) is 5.65. The average Bonchev–Trinajstić information content (AvgIpc) is 3.32. The minimum atomic E-state index is -3.60. The summed E-state index contributed by atoms with van der Waals surface area (Å²) < 4.78 is 32.1. The molecule has 0 unspecified atom stereocenters. The molecule has 1 aliphatic rings. The van der Waals surface area contributed by atoms with Crippen LogP contribution in [0.25, 0.3) is 17.5 Å². The summed E-state index contributed by atoms with van der Waals surface area (Å²) in [6, 6.07) is 13.1. The molecule has 0 radical (unpaired) electrons. The first-order valence-corrected chi connectivity index (χ1v) is 12.4. The summed E-state index contributed by atoms with van der Waals surface area (Å²) in [5.41, 5.74) is 2.11. The Morgan fingerprint density at radius 1 is 1.17 bits per heavy atom. The predicted molar refractivity (Wildman–Crippen MR) is 128 cm³/mol. The van der Waals surface area contributed by atoms with Crippen molar-refractivity contribution < 1.29 is 22.6 Å². The summed E-state index contributed by atoms with van der Waals surface area (Å²) in [5.74, 6) is -0.743. The zero-order chi connectivity index (χ0) is 25.0. The van der Waals surface area contributed by atoms with E-state index in [9.17, 15) is 23.3 Å². The predicted octanol–water partition coefficient (Wildman–Crippen LogP) is 3.60. The Morgan fingerprint density at radius 2 is 1.89 bits per heavy atom. The smallest absolute Gasteiger partial charge is 0.322 e. The molecule has 1 fully saturated rings. The number of carbonyl (C=O) groups is 1. The van der Waals surface area contributed by atoms with Crippen molar-refractivity contribution in [2.24, 2.45) is 5.92 Å². The Balaban J connectivity index is 1.33. The lowest BCUT2D eigenvalue weighted by Gasteiger charge is -2.29. The first-order valence-electron chi connectivity index (χ1n) is 10.9. The van der Waals surface area contributed by atoms with E-state index < -0.39 is 20.9 Å². The highest BCUT2D eigenvalue weighted by atomic mass is 32.2. The van der Waals surface area contributed by atoms with Gasteiger partial charge in [-0.3, -0.25) is 20.2 Å². The van der Waals surface area contributed by atoms with Crippen LogP contribution in [0.1, 0.15) is 24.0 Å². The number of nitrogens with zero attached hydrogens (tertiary/aromatic N) is 4. The molecule has 0 spiro atoms. The lowest BCUT2D eigenvalue weighted by atomic mass is 9.97. The van der Waals surface area contributed by atoms with E-state index in [1.165, 1.54) is 27.9 Å². The Morgan fingerprint density at radius 3 is 2.57 bits per heavy atom. The molecule has 11 nitrogen and oxygen atoms in total. The molecule has 0 saturated carbocycles. The van der Waals surface area contributed by atoms with Gasteiger partial charge in [-0.2, -0.15) is 4.31 Å². The highest BCUT2D eigenvalue weighted by Crippen LogP contribution is 2.26. The molecule has 35 heavy (non-hydrogen) atoms. The number of piperidine rings is 1. The lowest BCUT2D eigenvalue weighted by Crippen LogP contribution is -2.40. The number of amides is 1. The van der Waals surface area contributed by atoms with Crippen molar-refractivity contribution >= 4 is 33.7 Å². The van der Waals surface area contributed by atoms with Gasteiger partial charge in [-0.05, 0) is 37.5 Å². The molecule has 1 aromatic heterocycles. The number of carbonyl (C=O) groups excluding carboxylic acids is 1. The maximum absolute atomic E-state index is 12.7. The van der Waals surface area contributed by atoms with Crippen molar-refractivity contribution in [3.8, 4) is 11.5 Å². The summed E-state index contributed by atoms with van der Waals surface area (Å²) in [5, 5.41) is 22.3. The Kier molecular flexibility index (Phi) is 7.03. The molecule has 182 valence electrons. The van der Waals surface area contributed by atoms with Crippen LogP contribution in [0, 0.1) is 23.0 Å². The van der Waals surface area contributed by atoms with E-state index in [-0.39, 0.29) is 36.6 Å². The van der Waals surface area contributed by atoms with Crippen molar-refractivity contribution in [1.29, 1.82) is 0 Å². The number of aromatic nitrogens is 2. The fourth-order valence-electron chi connectivity index (χ4n) is 3.65. The van der Waals surface area contributed by atoms with E-state index in [0.717, 1.165) is 11.1 Å². The highest BCUT2D eigenvalue weighted by molar-refractivity contribution is 7.92. The third kappa shape index (κ3) is 5.97. The van der Waals surface area contributed by atoms with E-state index in [0.29, 0.717) is 18.4 Å². The van der Waals surface area contributed by atoms with Crippen molar-refractivity contribution in [3.63, 3.8) is 0 Å². The van der Waals surface area contributed by atoms with Gasteiger partial charge in [0, 0.05) is 42.1 Å². The number of benzene rings is 2. The number of anilines is 1. The zero-order valence-corrected chi connectivity index (χ0v) is 19.6. The van der Waals surface area contributed by atoms with Gasteiger partial charge < -0.3 is 4.42 Å². The molecule has 3 aromatic rings. The average molecular weight is 498 g/mol. The van der Waals surface area contributed by atoms with E-state index in [4.69, 9.17) is 4.42 Å². The fourth-order valence-corrected chi connectivity index (χ4v) is 4.87. The highest BCUT2D eigenvalue weighted by Gasteiger charge is 2.30. The first-order chi connectivity index (χ1) is 16.7. The fraction of sp³-hybridized carbons (Fsp3) is 0.261. The van der Waals surface area contributed by atoms with Crippen LogP contribution in [0.15, 0.2) is 58.4 Å². The Hall–Kier alpha value is -3.90. The molecule has 0 aliphatic carbocycles. The van der Waals surface area contributed by atoms with Gasteiger partial charge in [0.05, 0.1) is 4.92 Å². The molecule has 0 bridgehead atoms. The normalized spacial score (nSPS) is 15.3. The van der Waals surface area contributed by atoms with Gasteiger partial charge in [0.15, 0.2) is 0 Å². The van der Waals surface area contributed by atoms with Crippen molar-refractivity contribution in [2.45, 2.75) is 19.8 Å². The van der Waals surface area contributed by atoms with E-state index in [1.807, 2.05) is 31.2 Å². The van der Waals surface area contributed by atoms with Crippen LogP contribution in [0.2, 0.25) is 0 Å². The molecular formula is C23H23N5O6S. The topological polar surface area (TPSA) is 149 Å². The van der Waals surface area contributed by atoms with Crippen molar-refractivity contribution in [1.82, 2.24) is 14.5 Å². The molecular weight excluding hydrogens is 474 g/mol. The second-order valence-corrected chi connectivity index (χ2v) is 9.96. The number of nitrogens with one attached hydrogen (secondary N) is 1. The molecule has 1 amide bonds. The van der Waals surface area contributed by atoms with Gasteiger partial charge in [0.1, 0.15) is 0 Å². The second kappa shape index (κ2) is 10.2. The SMILES string of the molecule is Cc1ccc(/C=C/S(=O)(=O)N2CCC(C(=O)Nc3nnc(-c4cccc([N+](=O)[O-])c4)o3)CC2)cc1. The molecule has 12 heteroatoms.